The highest BCUT2D eigenvalue weighted by Crippen LogP contribution is 2.27. The number of aromatic nitrogens is 2. The molecule has 0 saturated heterocycles. The predicted octanol–water partition coefficient (Wildman–Crippen LogP) is 4.44. The van der Waals surface area contributed by atoms with Crippen LogP contribution in [0, 0.1) is 6.92 Å². The van der Waals surface area contributed by atoms with Gasteiger partial charge in [-0.2, -0.15) is 0 Å². The van der Waals surface area contributed by atoms with Gasteiger partial charge >= 0.3 is 6.36 Å². The maximum atomic E-state index is 12.1. The molecular formula is C15H11F3N2O. The van der Waals surface area contributed by atoms with Gasteiger partial charge in [0, 0.05) is 5.56 Å². The summed E-state index contributed by atoms with van der Waals surface area (Å²) in [5.74, 6) is 0.358. The van der Waals surface area contributed by atoms with Crippen LogP contribution in [0.4, 0.5) is 13.2 Å². The molecule has 2 aromatic carbocycles. The quantitative estimate of drug-likeness (QED) is 0.758. The van der Waals surface area contributed by atoms with E-state index in [1.54, 1.807) is 0 Å². The molecule has 0 aliphatic carbocycles. The average molecular weight is 292 g/mol. The van der Waals surface area contributed by atoms with E-state index >= 15 is 0 Å². The van der Waals surface area contributed by atoms with Gasteiger partial charge in [-0.3, -0.25) is 0 Å². The summed E-state index contributed by atoms with van der Waals surface area (Å²) in [7, 11) is 0. The molecule has 1 aromatic heterocycles. The van der Waals surface area contributed by atoms with Crippen LogP contribution < -0.4 is 4.74 Å². The summed E-state index contributed by atoms with van der Waals surface area (Å²) in [5, 5.41) is 0. The fraction of sp³-hybridized carbons (Fsp3) is 0.133. The van der Waals surface area contributed by atoms with Gasteiger partial charge < -0.3 is 9.72 Å². The molecule has 108 valence electrons. The number of para-hydroxylation sites is 1. The lowest BCUT2D eigenvalue weighted by molar-refractivity contribution is -0.274. The van der Waals surface area contributed by atoms with Gasteiger partial charge in [0.05, 0.1) is 11.0 Å². The van der Waals surface area contributed by atoms with Gasteiger partial charge in [0.25, 0.3) is 0 Å². The number of hydrogen-bond acceptors (Lipinski definition) is 2. The van der Waals surface area contributed by atoms with Gasteiger partial charge in [-0.25, -0.2) is 4.98 Å². The Balaban J connectivity index is 1.94. The van der Waals surface area contributed by atoms with Gasteiger partial charge in [0.15, 0.2) is 0 Å². The van der Waals surface area contributed by atoms with E-state index < -0.39 is 6.36 Å². The highest BCUT2D eigenvalue weighted by molar-refractivity contribution is 5.82. The Morgan fingerprint density at radius 2 is 1.76 bits per heavy atom. The highest BCUT2D eigenvalue weighted by atomic mass is 19.4. The Bertz CT molecular complexity index is 776. The Hall–Kier alpha value is -2.50. The minimum absolute atomic E-state index is 0.251. The molecule has 0 atom stereocenters. The van der Waals surface area contributed by atoms with Crippen molar-refractivity contribution in [2.24, 2.45) is 0 Å². The number of halogens is 3. The van der Waals surface area contributed by atoms with Gasteiger partial charge in [-0.15, -0.1) is 13.2 Å². The summed E-state index contributed by atoms with van der Waals surface area (Å²) < 4.78 is 40.2. The van der Waals surface area contributed by atoms with Crippen LogP contribution in [0.2, 0.25) is 0 Å². The molecule has 3 nitrogen and oxygen atoms in total. The highest BCUT2D eigenvalue weighted by Gasteiger charge is 2.30. The monoisotopic (exact) mass is 292 g/mol. The van der Waals surface area contributed by atoms with Crippen molar-refractivity contribution < 1.29 is 17.9 Å². The lowest BCUT2D eigenvalue weighted by Gasteiger charge is -2.08. The molecule has 0 aliphatic rings. The number of nitrogens with zero attached hydrogens (tertiary/aromatic N) is 1. The first-order valence-corrected chi connectivity index (χ1v) is 6.24. The molecule has 0 unspecified atom stereocenters. The third-order valence-electron chi connectivity index (χ3n) is 3.08. The van der Waals surface area contributed by atoms with Crippen molar-refractivity contribution in [3.05, 3.63) is 48.0 Å². The number of rotatable bonds is 2. The van der Waals surface area contributed by atoms with Crippen molar-refractivity contribution in [2.45, 2.75) is 13.3 Å². The predicted molar refractivity (Wildman–Crippen MR) is 72.9 cm³/mol. The van der Waals surface area contributed by atoms with Gasteiger partial charge in [0.2, 0.25) is 0 Å². The molecular weight excluding hydrogens is 281 g/mol. The number of ether oxygens (including phenoxy) is 1. The number of imidazole rings is 1. The van der Waals surface area contributed by atoms with Crippen molar-refractivity contribution in [2.75, 3.05) is 0 Å². The smallest absolute Gasteiger partial charge is 0.406 e. The molecule has 6 heteroatoms. The zero-order valence-electron chi connectivity index (χ0n) is 11.0. The second-order valence-electron chi connectivity index (χ2n) is 4.63. The molecule has 1 N–H and O–H groups in total. The maximum absolute atomic E-state index is 12.1. The second-order valence-corrected chi connectivity index (χ2v) is 4.63. The van der Waals surface area contributed by atoms with Crippen LogP contribution in [0.3, 0.4) is 0 Å². The fourth-order valence-corrected chi connectivity index (χ4v) is 2.13. The average Bonchev–Trinajstić information content (AvgIpc) is 2.83. The molecule has 0 radical (unpaired) electrons. The molecule has 0 saturated carbocycles. The van der Waals surface area contributed by atoms with Crippen molar-refractivity contribution in [3.63, 3.8) is 0 Å². The third kappa shape index (κ3) is 2.84. The zero-order valence-corrected chi connectivity index (χ0v) is 11.0. The number of hydrogen-bond donors (Lipinski definition) is 1. The van der Waals surface area contributed by atoms with Crippen LogP contribution in [0.1, 0.15) is 5.56 Å². The van der Waals surface area contributed by atoms with Crippen LogP contribution >= 0.6 is 0 Å². The number of alkyl halides is 3. The van der Waals surface area contributed by atoms with Gasteiger partial charge in [0.1, 0.15) is 11.6 Å². The number of H-pyrrole nitrogens is 1. The summed E-state index contributed by atoms with van der Waals surface area (Å²) in [4.78, 5) is 7.61. The summed E-state index contributed by atoms with van der Waals surface area (Å²) in [6.07, 6.45) is -4.68. The minimum atomic E-state index is -4.68. The second kappa shape index (κ2) is 4.80. The largest absolute Gasteiger partial charge is 0.573 e. The first-order chi connectivity index (χ1) is 9.92. The molecule has 1 heterocycles. The van der Waals surface area contributed by atoms with Crippen LogP contribution in [-0.4, -0.2) is 16.3 Å². The van der Waals surface area contributed by atoms with E-state index in [1.807, 2.05) is 25.1 Å². The minimum Gasteiger partial charge on any atom is -0.406 e. The van der Waals surface area contributed by atoms with E-state index in [0.717, 1.165) is 16.6 Å². The van der Waals surface area contributed by atoms with E-state index in [2.05, 4.69) is 14.7 Å². The SMILES string of the molecule is Cc1cccc2[nH]c(-c3ccc(OC(F)(F)F)cc3)nc12. The summed E-state index contributed by atoms with van der Waals surface area (Å²) >= 11 is 0. The molecule has 0 bridgehead atoms. The van der Waals surface area contributed by atoms with E-state index in [-0.39, 0.29) is 5.75 Å². The normalized spacial score (nSPS) is 11.8. The van der Waals surface area contributed by atoms with Gasteiger partial charge in [-0.1, -0.05) is 12.1 Å². The summed E-state index contributed by atoms with van der Waals surface area (Å²) in [6.45, 7) is 1.95. The lowest BCUT2D eigenvalue weighted by atomic mass is 10.2. The number of nitrogens with one attached hydrogen (secondary N) is 1. The molecule has 21 heavy (non-hydrogen) atoms. The van der Waals surface area contributed by atoms with E-state index in [0.29, 0.717) is 11.4 Å². The fourth-order valence-electron chi connectivity index (χ4n) is 2.13. The zero-order chi connectivity index (χ0) is 15.0. The van der Waals surface area contributed by atoms with Crippen molar-refractivity contribution in [3.8, 4) is 17.1 Å². The maximum Gasteiger partial charge on any atom is 0.573 e. The van der Waals surface area contributed by atoms with Crippen LogP contribution in [0.25, 0.3) is 22.4 Å². The Kier molecular flexibility index (Phi) is 3.08. The van der Waals surface area contributed by atoms with E-state index in [4.69, 9.17) is 0 Å². The van der Waals surface area contributed by atoms with Crippen molar-refractivity contribution in [1.82, 2.24) is 9.97 Å². The van der Waals surface area contributed by atoms with E-state index in [9.17, 15) is 13.2 Å². The first kappa shape index (κ1) is 13.5. The van der Waals surface area contributed by atoms with Gasteiger partial charge in [-0.05, 0) is 42.8 Å². The number of aromatic amines is 1. The van der Waals surface area contributed by atoms with Crippen LogP contribution in [0.5, 0.6) is 5.75 Å². The summed E-state index contributed by atoms with van der Waals surface area (Å²) in [5.41, 5.74) is 3.47. The Morgan fingerprint density at radius 3 is 2.38 bits per heavy atom. The number of fused-ring (bicyclic) bond motifs is 1. The Morgan fingerprint density at radius 1 is 1.05 bits per heavy atom. The number of aryl methyl sites for hydroxylation is 1. The van der Waals surface area contributed by atoms with Crippen LogP contribution in [0.15, 0.2) is 42.5 Å². The standard InChI is InChI=1S/C15H11F3N2O/c1-9-3-2-4-12-13(9)20-14(19-12)10-5-7-11(8-6-10)21-15(16,17)18/h2-8H,1H3,(H,19,20). The molecule has 3 aromatic rings. The lowest BCUT2D eigenvalue weighted by Crippen LogP contribution is -2.16. The Labute approximate surface area is 118 Å². The molecule has 0 amide bonds. The number of benzene rings is 2. The van der Waals surface area contributed by atoms with Crippen LogP contribution in [-0.2, 0) is 0 Å². The molecule has 0 fully saturated rings. The first-order valence-electron chi connectivity index (χ1n) is 6.24. The third-order valence-corrected chi connectivity index (χ3v) is 3.08. The van der Waals surface area contributed by atoms with Crippen molar-refractivity contribution >= 4 is 11.0 Å². The summed E-state index contributed by atoms with van der Waals surface area (Å²) in [6, 6.07) is 11.4. The topological polar surface area (TPSA) is 37.9 Å². The molecule has 0 aliphatic heterocycles. The van der Waals surface area contributed by atoms with E-state index in [1.165, 1.54) is 24.3 Å². The molecule has 0 spiro atoms. The van der Waals surface area contributed by atoms with Crippen molar-refractivity contribution in [1.29, 1.82) is 0 Å². The molecule has 3 rings (SSSR count).